The van der Waals surface area contributed by atoms with Crippen molar-refractivity contribution in [1.82, 2.24) is 10.6 Å². The molecule has 0 amide bonds. The minimum Gasteiger partial charge on any atom is -0.495 e. The fourth-order valence-electron chi connectivity index (χ4n) is 1.74. The van der Waals surface area contributed by atoms with Crippen LogP contribution in [-0.2, 0) is 6.54 Å². The maximum atomic E-state index is 8.61. The first-order valence-electron chi connectivity index (χ1n) is 6.23. The largest absolute Gasteiger partial charge is 0.495 e. The Labute approximate surface area is 148 Å². The van der Waals surface area contributed by atoms with E-state index >= 15 is 0 Å². The lowest BCUT2D eigenvalue weighted by Crippen LogP contribution is -2.24. The summed E-state index contributed by atoms with van der Waals surface area (Å²) >= 11 is 12.0. The van der Waals surface area contributed by atoms with Crippen LogP contribution in [0.2, 0.25) is 10.0 Å². The molecule has 0 saturated heterocycles. The van der Waals surface area contributed by atoms with Crippen LogP contribution < -0.4 is 15.4 Å². The molecule has 0 spiro atoms. The molecular weight excluding hydrogens is 358 g/mol. The summed E-state index contributed by atoms with van der Waals surface area (Å²) in [7, 11) is 1.59. The Bertz CT molecular complexity index is 395. The fraction of sp³-hybridized carbons (Fsp3) is 0.538. The van der Waals surface area contributed by atoms with Gasteiger partial charge in [-0.1, -0.05) is 23.2 Å². The van der Waals surface area contributed by atoms with E-state index in [-0.39, 0.29) is 31.4 Å². The molecule has 3 N–H and O–H groups in total. The molecule has 0 aliphatic rings. The van der Waals surface area contributed by atoms with Crippen molar-refractivity contribution in [2.45, 2.75) is 13.0 Å². The summed E-state index contributed by atoms with van der Waals surface area (Å²) in [6.07, 6.45) is 0.983. The monoisotopic (exact) mass is 378 g/mol. The van der Waals surface area contributed by atoms with Gasteiger partial charge in [0.25, 0.3) is 0 Å². The van der Waals surface area contributed by atoms with Gasteiger partial charge in [-0.15, -0.1) is 24.8 Å². The van der Waals surface area contributed by atoms with Crippen LogP contribution >= 0.6 is 48.0 Å². The SMILES string of the molecule is COc1c(Cl)cc(Cl)cc1CNCCCNCCO.Cl.Cl. The molecule has 0 aromatic heterocycles. The van der Waals surface area contributed by atoms with E-state index in [2.05, 4.69) is 10.6 Å². The van der Waals surface area contributed by atoms with Crippen molar-refractivity contribution in [2.75, 3.05) is 33.4 Å². The van der Waals surface area contributed by atoms with Gasteiger partial charge in [-0.25, -0.2) is 0 Å². The van der Waals surface area contributed by atoms with Crippen LogP contribution in [0.15, 0.2) is 12.1 Å². The number of rotatable bonds is 9. The Morgan fingerprint density at radius 3 is 2.38 bits per heavy atom. The maximum Gasteiger partial charge on any atom is 0.142 e. The van der Waals surface area contributed by atoms with Crippen molar-refractivity contribution in [1.29, 1.82) is 0 Å². The van der Waals surface area contributed by atoms with Crippen LogP contribution in [0.3, 0.4) is 0 Å². The summed E-state index contributed by atoms with van der Waals surface area (Å²) in [4.78, 5) is 0. The molecule has 21 heavy (non-hydrogen) atoms. The van der Waals surface area contributed by atoms with Gasteiger partial charge >= 0.3 is 0 Å². The van der Waals surface area contributed by atoms with Gasteiger partial charge in [-0.2, -0.15) is 0 Å². The lowest BCUT2D eigenvalue weighted by Gasteiger charge is -2.12. The second kappa shape index (κ2) is 13.7. The molecule has 8 heteroatoms. The van der Waals surface area contributed by atoms with E-state index in [1.807, 2.05) is 6.07 Å². The normalized spacial score (nSPS) is 9.71. The van der Waals surface area contributed by atoms with E-state index in [1.54, 1.807) is 13.2 Å². The van der Waals surface area contributed by atoms with Gasteiger partial charge < -0.3 is 20.5 Å². The van der Waals surface area contributed by atoms with Gasteiger partial charge in [0.2, 0.25) is 0 Å². The van der Waals surface area contributed by atoms with Crippen molar-refractivity contribution < 1.29 is 9.84 Å². The van der Waals surface area contributed by atoms with Gasteiger partial charge in [0.05, 0.1) is 18.7 Å². The zero-order chi connectivity index (χ0) is 14.1. The van der Waals surface area contributed by atoms with E-state index in [9.17, 15) is 0 Å². The highest BCUT2D eigenvalue weighted by atomic mass is 35.5. The molecular formula is C13H22Cl4N2O2. The number of ether oxygens (including phenoxy) is 1. The summed E-state index contributed by atoms with van der Waals surface area (Å²) in [6.45, 7) is 3.21. The number of methoxy groups -OCH3 is 1. The molecule has 0 aliphatic carbocycles. The summed E-state index contributed by atoms with van der Waals surface area (Å²) in [6, 6.07) is 3.52. The van der Waals surface area contributed by atoms with Crippen molar-refractivity contribution in [2.24, 2.45) is 0 Å². The van der Waals surface area contributed by atoms with E-state index in [0.29, 0.717) is 28.9 Å². The number of aliphatic hydroxyl groups is 1. The van der Waals surface area contributed by atoms with Crippen LogP contribution in [0.25, 0.3) is 0 Å². The average Bonchev–Trinajstić information content (AvgIpc) is 2.37. The quantitative estimate of drug-likeness (QED) is 0.577. The third kappa shape index (κ3) is 8.94. The molecule has 0 fully saturated rings. The predicted octanol–water partition coefficient (Wildman–Crippen LogP) is 2.91. The average molecular weight is 380 g/mol. The smallest absolute Gasteiger partial charge is 0.142 e. The minimum atomic E-state index is 0. The Kier molecular flexibility index (Phi) is 15.2. The molecule has 1 aromatic rings. The van der Waals surface area contributed by atoms with Gasteiger partial charge in [0.15, 0.2) is 0 Å². The molecule has 124 valence electrons. The van der Waals surface area contributed by atoms with E-state index in [4.69, 9.17) is 33.0 Å². The molecule has 1 aromatic carbocycles. The van der Waals surface area contributed by atoms with E-state index in [0.717, 1.165) is 25.1 Å². The summed E-state index contributed by atoms with van der Waals surface area (Å²) < 4.78 is 5.27. The second-order valence-corrected chi connectivity index (χ2v) is 4.93. The van der Waals surface area contributed by atoms with Crippen LogP contribution in [0, 0.1) is 0 Å². The molecule has 0 unspecified atom stereocenters. The van der Waals surface area contributed by atoms with Gasteiger partial charge in [0, 0.05) is 23.7 Å². The number of hydrogen-bond donors (Lipinski definition) is 3. The molecule has 0 radical (unpaired) electrons. The van der Waals surface area contributed by atoms with Crippen LogP contribution in [-0.4, -0.2) is 38.5 Å². The molecule has 0 aliphatic heterocycles. The third-order valence-electron chi connectivity index (χ3n) is 2.60. The predicted molar refractivity (Wildman–Crippen MR) is 93.8 cm³/mol. The highest BCUT2D eigenvalue weighted by Crippen LogP contribution is 2.31. The van der Waals surface area contributed by atoms with Crippen LogP contribution in [0.1, 0.15) is 12.0 Å². The van der Waals surface area contributed by atoms with Crippen molar-refractivity contribution in [3.8, 4) is 5.75 Å². The highest BCUT2D eigenvalue weighted by molar-refractivity contribution is 6.35. The zero-order valence-corrected chi connectivity index (χ0v) is 15.0. The standard InChI is InChI=1S/C13H20Cl2N2O2.2ClH/c1-19-13-10(7-11(14)8-12(13)15)9-17-4-2-3-16-5-6-18;;/h7-8,16-18H,2-6,9H2,1H3;2*1H. The van der Waals surface area contributed by atoms with E-state index in [1.165, 1.54) is 0 Å². The molecule has 4 nitrogen and oxygen atoms in total. The first-order chi connectivity index (χ1) is 9.19. The molecule has 1 rings (SSSR count). The summed E-state index contributed by atoms with van der Waals surface area (Å²) in [5.74, 6) is 0.664. The molecule has 0 heterocycles. The third-order valence-corrected chi connectivity index (χ3v) is 3.10. The Morgan fingerprint density at radius 1 is 1.10 bits per heavy atom. The molecule has 0 saturated carbocycles. The molecule has 0 atom stereocenters. The Morgan fingerprint density at radius 2 is 1.76 bits per heavy atom. The van der Waals surface area contributed by atoms with Gasteiger partial charge in [-0.3, -0.25) is 0 Å². The number of hydrogen-bond acceptors (Lipinski definition) is 4. The fourth-order valence-corrected chi connectivity index (χ4v) is 2.35. The van der Waals surface area contributed by atoms with Crippen molar-refractivity contribution >= 4 is 48.0 Å². The highest BCUT2D eigenvalue weighted by Gasteiger charge is 2.09. The topological polar surface area (TPSA) is 53.5 Å². The number of benzene rings is 1. The van der Waals surface area contributed by atoms with Crippen molar-refractivity contribution in [3.63, 3.8) is 0 Å². The first kappa shape index (κ1) is 23.3. The first-order valence-corrected chi connectivity index (χ1v) is 6.98. The molecule has 0 bridgehead atoms. The number of aliphatic hydroxyl groups excluding tert-OH is 1. The maximum absolute atomic E-state index is 8.61. The zero-order valence-electron chi connectivity index (χ0n) is 11.8. The van der Waals surface area contributed by atoms with Crippen LogP contribution in [0.4, 0.5) is 0 Å². The lowest BCUT2D eigenvalue weighted by atomic mass is 10.2. The minimum absolute atomic E-state index is 0. The van der Waals surface area contributed by atoms with E-state index < -0.39 is 0 Å². The number of halogens is 4. The van der Waals surface area contributed by atoms with Crippen LogP contribution in [0.5, 0.6) is 5.75 Å². The van der Waals surface area contributed by atoms with Gasteiger partial charge in [0.1, 0.15) is 5.75 Å². The Balaban J connectivity index is 0. The second-order valence-electron chi connectivity index (χ2n) is 4.08. The number of nitrogens with one attached hydrogen (secondary N) is 2. The lowest BCUT2D eigenvalue weighted by molar-refractivity contribution is 0.292. The Hall–Kier alpha value is 0.0600. The summed E-state index contributed by atoms with van der Waals surface area (Å²) in [5, 5.41) is 16.2. The van der Waals surface area contributed by atoms with Crippen molar-refractivity contribution in [3.05, 3.63) is 27.7 Å². The van der Waals surface area contributed by atoms with Gasteiger partial charge in [-0.05, 0) is 31.6 Å². The summed E-state index contributed by atoms with van der Waals surface area (Å²) in [5.41, 5.74) is 0.948.